The zero-order valence-electron chi connectivity index (χ0n) is 13.9. The average Bonchev–Trinajstić information content (AvgIpc) is 2.53. The van der Waals surface area contributed by atoms with Crippen LogP contribution in [0, 0.1) is 17.2 Å². The first-order valence-electron chi connectivity index (χ1n) is 9.03. The van der Waals surface area contributed by atoms with E-state index in [0.29, 0.717) is 6.10 Å². The molecule has 120 valence electrons. The van der Waals surface area contributed by atoms with Crippen molar-refractivity contribution in [2.75, 3.05) is 6.54 Å². The molecule has 2 rings (SSSR count). The maximum absolute atomic E-state index is 9.60. The SMILES string of the molecule is CCCNC1(C#N)CCCC(OC2CCCC(CC)C2)C1. The number of nitrogens with zero attached hydrogens (tertiary/aromatic N) is 1. The monoisotopic (exact) mass is 292 g/mol. The van der Waals surface area contributed by atoms with Crippen molar-refractivity contribution < 1.29 is 4.74 Å². The van der Waals surface area contributed by atoms with Crippen LogP contribution in [0.4, 0.5) is 0 Å². The summed E-state index contributed by atoms with van der Waals surface area (Å²) in [5, 5.41) is 13.1. The number of nitriles is 1. The van der Waals surface area contributed by atoms with Gasteiger partial charge in [-0.25, -0.2) is 0 Å². The van der Waals surface area contributed by atoms with Crippen LogP contribution in [-0.4, -0.2) is 24.3 Å². The van der Waals surface area contributed by atoms with Crippen molar-refractivity contribution >= 4 is 0 Å². The van der Waals surface area contributed by atoms with Crippen molar-refractivity contribution in [3.8, 4) is 6.07 Å². The van der Waals surface area contributed by atoms with E-state index in [1.807, 2.05) is 0 Å². The third-order valence-electron chi connectivity index (χ3n) is 5.33. The molecule has 2 saturated carbocycles. The molecule has 0 amide bonds. The van der Waals surface area contributed by atoms with Gasteiger partial charge in [-0.1, -0.05) is 33.1 Å². The molecule has 21 heavy (non-hydrogen) atoms. The van der Waals surface area contributed by atoms with Gasteiger partial charge in [0.05, 0.1) is 18.3 Å². The highest BCUT2D eigenvalue weighted by Gasteiger charge is 2.37. The summed E-state index contributed by atoms with van der Waals surface area (Å²) in [6.45, 7) is 5.38. The van der Waals surface area contributed by atoms with E-state index in [1.165, 1.54) is 32.1 Å². The minimum absolute atomic E-state index is 0.281. The number of hydrogen-bond donors (Lipinski definition) is 1. The zero-order valence-corrected chi connectivity index (χ0v) is 13.9. The Kier molecular flexibility index (Phi) is 6.51. The second-order valence-electron chi connectivity index (χ2n) is 7.04. The van der Waals surface area contributed by atoms with E-state index < -0.39 is 0 Å². The first kappa shape index (κ1) is 16.8. The van der Waals surface area contributed by atoms with Gasteiger partial charge in [-0.2, -0.15) is 5.26 Å². The smallest absolute Gasteiger partial charge is 0.109 e. The van der Waals surface area contributed by atoms with Crippen LogP contribution in [0.3, 0.4) is 0 Å². The Morgan fingerprint density at radius 3 is 2.71 bits per heavy atom. The maximum atomic E-state index is 9.60. The van der Waals surface area contributed by atoms with E-state index in [9.17, 15) is 5.26 Å². The van der Waals surface area contributed by atoms with Crippen LogP contribution in [0.25, 0.3) is 0 Å². The standard InChI is InChI=1S/C18H32N2O/c1-3-11-20-18(14-19)10-6-9-17(13-18)21-16-8-5-7-15(4-2)12-16/h15-17,20H,3-13H2,1-2H3. The average molecular weight is 292 g/mol. The molecule has 2 fully saturated rings. The van der Waals surface area contributed by atoms with Gasteiger partial charge in [-0.3, -0.25) is 5.32 Å². The molecule has 4 unspecified atom stereocenters. The molecular weight excluding hydrogens is 260 g/mol. The van der Waals surface area contributed by atoms with Crippen LogP contribution in [-0.2, 0) is 4.74 Å². The summed E-state index contributed by atoms with van der Waals surface area (Å²) >= 11 is 0. The lowest BCUT2D eigenvalue weighted by molar-refractivity contribution is -0.0646. The highest BCUT2D eigenvalue weighted by molar-refractivity contribution is 5.10. The third kappa shape index (κ3) is 4.69. The van der Waals surface area contributed by atoms with Gasteiger partial charge in [0, 0.05) is 6.42 Å². The van der Waals surface area contributed by atoms with Crippen LogP contribution in [0.2, 0.25) is 0 Å². The lowest BCUT2D eigenvalue weighted by atomic mass is 9.80. The Morgan fingerprint density at radius 1 is 1.19 bits per heavy atom. The third-order valence-corrected chi connectivity index (χ3v) is 5.33. The van der Waals surface area contributed by atoms with E-state index in [0.717, 1.165) is 44.6 Å². The van der Waals surface area contributed by atoms with Gasteiger partial charge >= 0.3 is 0 Å². The van der Waals surface area contributed by atoms with Gasteiger partial charge in [-0.05, 0) is 51.0 Å². The Morgan fingerprint density at radius 2 is 2.00 bits per heavy atom. The summed E-state index contributed by atoms with van der Waals surface area (Å²) in [6.07, 6.45) is 12.3. The number of ether oxygens (including phenoxy) is 1. The lowest BCUT2D eigenvalue weighted by Crippen LogP contribution is -2.50. The summed E-state index contributed by atoms with van der Waals surface area (Å²) in [5.74, 6) is 0.853. The van der Waals surface area contributed by atoms with Crippen LogP contribution in [0.15, 0.2) is 0 Å². The summed E-state index contributed by atoms with van der Waals surface area (Å²) in [6, 6.07) is 2.55. The summed E-state index contributed by atoms with van der Waals surface area (Å²) < 4.78 is 6.41. The summed E-state index contributed by atoms with van der Waals surface area (Å²) in [7, 11) is 0. The second kappa shape index (κ2) is 8.15. The molecule has 0 spiro atoms. The normalized spacial score (nSPS) is 37.1. The molecule has 1 N–H and O–H groups in total. The fourth-order valence-corrected chi connectivity index (χ4v) is 4.01. The Balaban J connectivity index is 1.87. The van der Waals surface area contributed by atoms with Crippen molar-refractivity contribution in [1.29, 1.82) is 5.26 Å². The predicted octanol–water partition coefficient (Wildman–Crippen LogP) is 4.18. The number of hydrogen-bond acceptors (Lipinski definition) is 3. The minimum atomic E-state index is -0.336. The summed E-state index contributed by atoms with van der Waals surface area (Å²) in [4.78, 5) is 0. The number of nitrogens with one attached hydrogen (secondary N) is 1. The van der Waals surface area contributed by atoms with E-state index in [4.69, 9.17) is 4.74 Å². The zero-order chi connectivity index (χ0) is 15.1. The van der Waals surface area contributed by atoms with E-state index in [2.05, 4.69) is 25.2 Å². The second-order valence-corrected chi connectivity index (χ2v) is 7.04. The molecule has 3 nitrogen and oxygen atoms in total. The van der Waals surface area contributed by atoms with Gasteiger partial charge in [0.2, 0.25) is 0 Å². The van der Waals surface area contributed by atoms with Crippen LogP contribution in [0.1, 0.15) is 78.1 Å². The minimum Gasteiger partial charge on any atom is -0.375 e. The molecule has 3 heteroatoms. The Bertz CT molecular complexity index is 352. The fourth-order valence-electron chi connectivity index (χ4n) is 4.01. The van der Waals surface area contributed by atoms with Gasteiger partial charge in [0.25, 0.3) is 0 Å². The lowest BCUT2D eigenvalue weighted by Gasteiger charge is -2.39. The van der Waals surface area contributed by atoms with Crippen LogP contribution >= 0.6 is 0 Å². The van der Waals surface area contributed by atoms with Gasteiger partial charge in [-0.15, -0.1) is 0 Å². The van der Waals surface area contributed by atoms with Crippen molar-refractivity contribution in [3.63, 3.8) is 0 Å². The van der Waals surface area contributed by atoms with E-state index in [-0.39, 0.29) is 11.6 Å². The van der Waals surface area contributed by atoms with Crippen LogP contribution in [0.5, 0.6) is 0 Å². The quantitative estimate of drug-likeness (QED) is 0.799. The van der Waals surface area contributed by atoms with E-state index >= 15 is 0 Å². The highest BCUT2D eigenvalue weighted by atomic mass is 16.5. The maximum Gasteiger partial charge on any atom is 0.109 e. The first-order valence-corrected chi connectivity index (χ1v) is 9.03. The topological polar surface area (TPSA) is 45.0 Å². The predicted molar refractivity (Wildman–Crippen MR) is 86.0 cm³/mol. The summed E-state index contributed by atoms with van der Waals surface area (Å²) in [5.41, 5.74) is -0.336. The molecular formula is C18H32N2O. The molecule has 0 saturated heterocycles. The number of rotatable bonds is 6. The highest BCUT2D eigenvalue weighted by Crippen LogP contribution is 2.34. The van der Waals surface area contributed by atoms with Gasteiger partial charge < -0.3 is 4.74 Å². The van der Waals surface area contributed by atoms with Gasteiger partial charge in [0.1, 0.15) is 5.54 Å². The van der Waals surface area contributed by atoms with Crippen molar-refractivity contribution in [3.05, 3.63) is 0 Å². The molecule has 0 radical (unpaired) electrons. The molecule has 4 atom stereocenters. The Hall–Kier alpha value is -0.590. The molecule has 0 aromatic heterocycles. The van der Waals surface area contributed by atoms with Crippen molar-refractivity contribution in [2.24, 2.45) is 5.92 Å². The molecule has 2 aliphatic carbocycles. The molecule has 0 aromatic carbocycles. The molecule has 0 heterocycles. The largest absolute Gasteiger partial charge is 0.375 e. The fraction of sp³-hybridized carbons (Fsp3) is 0.944. The molecule has 2 aliphatic rings. The van der Waals surface area contributed by atoms with E-state index in [1.54, 1.807) is 0 Å². The first-order chi connectivity index (χ1) is 10.2. The Labute approximate surface area is 130 Å². The van der Waals surface area contributed by atoms with Crippen LogP contribution < -0.4 is 5.32 Å². The molecule has 0 bridgehead atoms. The van der Waals surface area contributed by atoms with Crippen molar-refractivity contribution in [2.45, 2.75) is 95.8 Å². The molecule has 0 aliphatic heterocycles. The molecule has 0 aromatic rings. The van der Waals surface area contributed by atoms with Crippen molar-refractivity contribution in [1.82, 2.24) is 5.32 Å². The van der Waals surface area contributed by atoms with Gasteiger partial charge in [0.15, 0.2) is 0 Å².